The number of allylic oxidation sites excluding steroid dienone is 4. The predicted molar refractivity (Wildman–Crippen MR) is 241 cm³/mol. The van der Waals surface area contributed by atoms with Crippen LogP contribution in [0.15, 0.2) is 92.0 Å². The van der Waals surface area contributed by atoms with Crippen LogP contribution in [0.25, 0.3) is 21.5 Å². The normalized spacial score (nSPS) is 18.4. The summed E-state index contributed by atoms with van der Waals surface area (Å²) in [6.45, 7) is 8.83. The molecule has 4 aromatic rings. The SMILES string of the molecule is CC[N+]1=C(/C=C/C=C2/N(CCCCCC(=O)O)c3ccc4c(S(=O)(=O)O)cc(S(=O)(=O)O)cc4c3C2(C)CCOCCOC)C(C)(C)c2c1ccc1c(S(=O)(=O)O)cc(S(=O)(=O)O)cc21. The van der Waals surface area contributed by atoms with Gasteiger partial charge in [-0.25, -0.2) is 0 Å². The van der Waals surface area contributed by atoms with Gasteiger partial charge in [-0.05, 0) is 106 Å². The third-order valence-electron chi connectivity index (χ3n) is 12.1. The quantitative estimate of drug-likeness (QED) is 0.0392. The monoisotopic (exact) mass is 979 g/mol. The Kier molecular flexibility index (Phi) is 14.0. The Balaban J connectivity index is 1.58. The molecule has 0 aliphatic carbocycles. The first-order valence-electron chi connectivity index (χ1n) is 20.4. The van der Waals surface area contributed by atoms with Gasteiger partial charge in [0.15, 0.2) is 5.71 Å². The molecule has 0 saturated heterocycles. The Hall–Kier alpha value is -4.62. The number of anilines is 1. The molecule has 0 fully saturated rings. The fourth-order valence-electron chi connectivity index (χ4n) is 9.17. The molecule has 352 valence electrons. The molecule has 0 bridgehead atoms. The van der Waals surface area contributed by atoms with Crippen LogP contribution in [0.5, 0.6) is 0 Å². The second-order valence-electron chi connectivity index (χ2n) is 16.6. The number of carbonyl (C=O) groups is 1. The minimum atomic E-state index is -5.04. The second-order valence-corrected chi connectivity index (χ2v) is 22.2. The van der Waals surface area contributed by atoms with Crippen molar-refractivity contribution in [2.24, 2.45) is 0 Å². The molecule has 0 aromatic heterocycles. The first kappa shape index (κ1) is 49.8. The summed E-state index contributed by atoms with van der Waals surface area (Å²) in [5, 5.41) is 9.58. The van der Waals surface area contributed by atoms with Gasteiger partial charge in [0.2, 0.25) is 5.69 Å². The van der Waals surface area contributed by atoms with Crippen molar-refractivity contribution in [2.45, 2.75) is 90.2 Å². The summed E-state index contributed by atoms with van der Waals surface area (Å²) in [4.78, 5) is 10.4. The van der Waals surface area contributed by atoms with Crippen molar-refractivity contribution >= 4 is 85.1 Å². The predicted octanol–water partition coefficient (Wildman–Crippen LogP) is 6.29. The van der Waals surface area contributed by atoms with E-state index in [0.29, 0.717) is 78.4 Å². The molecule has 1 unspecified atom stereocenters. The molecule has 2 heterocycles. The number of unbranched alkanes of at least 4 members (excludes halogenated alkanes) is 2. The molecule has 2 aliphatic rings. The van der Waals surface area contributed by atoms with Crippen LogP contribution < -0.4 is 4.90 Å². The molecule has 5 N–H and O–H groups in total. The van der Waals surface area contributed by atoms with Crippen LogP contribution in [0.3, 0.4) is 0 Å². The molecule has 0 saturated carbocycles. The van der Waals surface area contributed by atoms with E-state index in [1.54, 1.807) is 18.2 Å². The van der Waals surface area contributed by atoms with E-state index in [9.17, 15) is 61.8 Å². The van der Waals surface area contributed by atoms with Crippen LogP contribution in [0.1, 0.15) is 70.9 Å². The molecule has 4 aromatic carbocycles. The van der Waals surface area contributed by atoms with Gasteiger partial charge in [0.25, 0.3) is 40.5 Å². The van der Waals surface area contributed by atoms with Crippen LogP contribution in [0, 0.1) is 0 Å². The molecule has 0 spiro atoms. The Morgan fingerprint density at radius 2 is 1.29 bits per heavy atom. The van der Waals surface area contributed by atoms with Crippen LogP contribution in [-0.4, -0.2) is 113 Å². The third kappa shape index (κ3) is 9.78. The van der Waals surface area contributed by atoms with Crippen LogP contribution >= 0.6 is 0 Å². The molecule has 18 nitrogen and oxygen atoms in total. The third-order valence-corrected chi connectivity index (χ3v) is 15.5. The minimum Gasteiger partial charge on any atom is -0.481 e. The van der Waals surface area contributed by atoms with E-state index >= 15 is 0 Å². The number of aliphatic carboxylic acids is 1. The van der Waals surface area contributed by atoms with Gasteiger partial charge < -0.3 is 19.5 Å². The van der Waals surface area contributed by atoms with Gasteiger partial charge >= 0.3 is 5.97 Å². The van der Waals surface area contributed by atoms with Crippen LogP contribution in [0.2, 0.25) is 0 Å². The topological polar surface area (TPSA) is 279 Å². The Labute approximate surface area is 377 Å². The number of hydrogen-bond acceptors (Lipinski definition) is 12. The van der Waals surface area contributed by atoms with Crippen molar-refractivity contribution in [3.05, 3.63) is 83.6 Å². The smallest absolute Gasteiger partial charge is 0.303 e. The van der Waals surface area contributed by atoms with Gasteiger partial charge in [0, 0.05) is 72.0 Å². The minimum absolute atomic E-state index is 0.00970. The van der Waals surface area contributed by atoms with Crippen molar-refractivity contribution in [2.75, 3.05) is 44.9 Å². The summed E-state index contributed by atoms with van der Waals surface area (Å²) in [5.74, 6) is -0.944. The van der Waals surface area contributed by atoms with Crippen LogP contribution in [-0.2, 0) is 65.6 Å². The van der Waals surface area contributed by atoms with E-state index in [2.05, 4.69) is 0 Å². The van der Waals surface area contributed by atoms with E-state index in [1.807, 2.05) is 49.3 Å². The van der Waals surface area contributed by atoms with Gasteiger partial charge in [0.05, 0.1) is 28.4 Å². The van der Waals surface area contributed by atoms with Crippen molar-refractivity contribution in [1.29, 1.82) is 0 Å². The molecule has 22 heteroatoms. The maximum atomic E-state index is 12.8. The summed E-state index contributed by atoms with van der Waals surface area (Å²) >= 11 is 0. The number of methoxy groups -OCH3 is 1. The van der Waals surface area contributed by atoms with E-state index in [1.165, 1.54) is 19.2 Å². The maximum Gasteiger partial charge on any atom is 0.303 e. The van der Waals surface area contributed by atoms with Crippen molar-refractivity contribution in [3.8, 4) is 0 Å². The molecular weight excluding hydrogens is 929 g/mol. The fraction of sp³-hybridized carbons (Fsp3) is 0.395. The summed E-state index contributed by atoms with van der Waals surface area (Å²) in [6, 6.07) is 9.92. The average molecular weight is 980 g/mol. The number of carboxylic acids is 1. The summed E-state index contributed by atoms with van der Waals surface area (Å²) < 4.78 is 154. The zero-order valence-corrected chi connectivity index (χ0v) is 39.4. The highest BCUT2D eigenvalue weighted by Gasteiger charge is 2.47. The number of fused-ring (bicyclic) bond motifs is 6. The van der Waals surface area contributed by atoms with E-state index < -0.39 is 76.9 Å². The van der Waals surface area contributed by atoms with E-state index in [-0.39, 0.29) is 54.2 Å². The van der Waals surface area contributed by atoms with Gasteiger partial charge in [-0.1, -0.05) is 18.6 Å². The number of benzene rings is 4. The lowest BCUT2D eigenvalue weighted by Crippen LogP contribution is -2.31. The molecule has 1 atom stereocenters. The Bertz CT molecular complexity index is 3160. The largest absolute Gasteiger partial charge is 0.481 e. The summed E-state index contributed by atoms with van der Waals surface area (Å²) in [7, 11) is -18.4. The summed E-state index contributed by atoms with van der Waals surface area (Å²) in [6.07, 6.45) is 7.04. The molecule has 65 heavy (non-hydrogen) atoms. The standard InChI is InChI=1S/C43H50N2O16S4/c1-6-44-33-16-14-29-31(23-27(62(48,49)50)25-35(29)64(54,55)56)40(33)42(2,3)37(44)11-10-12-38-43(4,18-20-61-22-21-60-5)41-32-24-28(63(51,52)53)26-36(65(57,58)59)30(32)15-17-34(41)45(38)19-9-7-8-13-39(46)47/h10-12,14-17,23-26H,6-9,13,18-22H2,1-5H3,(H4-,46,47,48,49,50,51,52,53,54,55,56,57,58,59)/p+1. The molecule has 0 amide bonds. The highest BCUT2D eigenvalue weighted by atomic mass is 32.2. The van der Waals surface area contributed by atoms with E-state index in [4.69, 9.17) is 9.47 Å². The number of rotatable bonds is 19. The summed E-state index contributed by atoms with van der Waals surface area (Å²) in [5.41, 5.74) is 1.41. The molecule has 0 radical (unpaired) electrons. The van der Waals surface area contributed by atoms with E-state index in [0.717, 1.165) is 12.1 Å². The molecule has 6 rings (SSSR count). The number of nitrogens with zero attached hydrogens (tertiary/aromatic N) is 2. The van der Waals surface area contributed by atoms with Crippen molar-refractivity contribution in [1.82, 2.24) is 0 Å². The van der Waals surface area contributed by atoms with Gasteiger partial charge in [-0.2, -0.15) is 38.2 Å². The van der Waals surface area contributed by atoms with Crippen LogP contribution in [0.4, 0.5) is 11.4 Å². The fourth-order valence-corrected chi connectivity index (χ4v) is 11.9. The highest BCUT2D eigenvalue weighted by molar-refractivity contribution is 7.87. The Morgan fingerprint density at radius 1 is 0.723 bits per heavy atom. The second kappa shape index (κ2) is 18.2. The van der Waals surface area contributed by atoms with Gasteiger partial charge in [0.1, 0.15) is 16.3 Å². The number of ether oxygens (including phenoxy) is 2. The van der Waals surface area contributed by atoms with Crippen molar-refractivity contribution in [3.63, 3.8) is 0 Å². The zero-order chi connectivity index (χ0) is 48.1. The first-order chi connectivity index (χ1) is 30.2. The number of carboxylic acid groups (broad SMARTS) is 1. The first-order valence-corrected chi connectivity index (χ1v) is 26.2. The lowest BCUT2D eigenvalue weighted by Gasteiger charge is -2.31. The highest BCUT2D eigenvalue weighted by Crippen LogP contribution is 2.54. The van der Waals surface area contributed by atoms with Gasteiger partial charge in [-0.15, -0.1) is 0 Å². The van der Waals surface area contributed by atoms with Crippen molar-refractivity contribution < 1.29 is 75.8 Å². The lowest BCUT2D eigenvalue weighted by atomic mass is 9.76. The Morgan fingerprint density at radius 3 is 1.82 bits per heavy atom. The number of hydrogen-bond donors (Lipinski definition) is 5. The molecular formula is C43H51N2O16S4+. The molecule has 2 aliphatic heterocycles. The van der Waals surface area contributed by atoms with Gasteiger partial charge in [-0.3, -0.25) is 23.0 Å². The average Bonchev–Trinajstić information content (AvgIpc) is 3.57. The maximum absolute atomic E-state index is 12.8. The lowest BCUT2D eigenvalue weighted by molar-refractivity contribution is -0.433. The zero-order valence-electron chi connectivity index (χ0n) is 36.2.